The van der Waals surface area contributed by atoms with Crippen molar-refractivity contribution in [3.05, 3.63) is 23.0 Å². The Balaban J connectivity index is 1.82. The van der Waals surface area contributed by atoms with Crippen LogP contribution < -0.4 is 0 Å². The molecule has 1 aliphatic carbocycles. The highest BCUT2D eigenvalue weighted by Crippen LogP contribution is 2.42. The number of amides is 1. The SMILES string of the molecule is CC(C)(C)OC(=O)N1CCn2c(C3CC3)cc(C#N)c2C1. The van der Waals surface area contributed by atoms with E-state index >= 15 is 0 Å². The molecule has 1 fully saturated rings. The lowest BCUT2D eigenvalue weighted by Crippen LogP contribution is -2.41. The van der Waals surface area contributed by atoms with Crippen LogP contribution in [0.3, 0.4) is 0 Å². The molecular weight excluding hydrogens is 266 g/mol. The average Bonchev–Trinajstić information content (AvgIpc) is 3.17. The van der Waals surface area contributed by atoms with Gasteiger partial charge in [0, 0.05) is 18.8 Å². The van der Waals surface area contributed by atoms with Gasteiger partial charge in [-0.15, -0.1) is 0 Å². The van der Waals surface area contributed by atoms with Gasteiger partial charge in [0.1, 0.15) is 11.7 Å². The summed E-state index contributed by atoms with van der Waals surface area (Å²) in [5, 5.41) is 9.32. The van der Waals surface area contributed by atoms with E-state index in [1.807, 2.05) is 26.8 Å². The highest BCUT2D eigenvalue weighted by atomic mass is 16.6. The van der Waals surface area contributed by atoms with Crippen LogP contribution in [0.5, 0.6) is 0 Å². The van der Waals surface area contributed by atoms with Crippen LogP contribution in [0.4, 0.5) is 4.79 Å². The molecule has 0 radical (unpaired) electrons. The largest absolute Gasteiger partial charge is 0.444 e. The van der Waals surface area contributed by atoms with Crippen molar-refractivity contribution in [1.29, 1.82) is 5.26 Å². The van der Waals surface area contributed by atoms with Gasteiger partial charge in [-0.3, -0.25) is 0 Å². The molecule has 0 spiro atoms. The van der Waals surface area contributed by atoms with Crippen molar-refractivity contribution in [2.24, 2.45) is 0 Å². The number of carbonyl (C=O) groups excluding carboxylic acids is 1. The molecule has 2 aliphatic rings. The second kappa shape index (κ2) is 4.80. The van der Waals surface area contributed by atoms with Crippen molar-refractivity contribution in [3.63, 3.8) is 0 Å². The first-order valence-electron chi connectivity index (χ1n) is 7.49. The van der Waals surface area contributed by atoms with Crippen molar-refractivity contribution in [2.45, 2.75) is 58.2 Å². The van der Waals surface area contributed by atoms with E-state index in [2.05, 4.69) is 10.6 Å². The molecule has 0 aromatic carbocycles. The zero-order chi connectivity index (χ0) is 15.2. The van der Waals surface area contributed by atoms with E-state index in [1.165, 1.54) is 18.5 Å². The van der Waals surface area contributed by atoms with Gasteiger partial charge in [-0.05, 0) is 45.6 Å². The highest BCUT2D eigenvalue weighted by Gasteiger charge is 2.33. The van der Waals surface area contributed by atoms with Gasteiger partial charge in [-0.1, -0.05) is 0 Å². The highest BCUT2D eigenvalue weighted by molar-refractivity contribution is 5.68. The molecule has 1 aliphatic heterocycles. The Morgan fingerprint density at radius 1 is 1.38 bits per heavy atom. The predicted octanol–water partition coefficient (Wildman–Crippen LogP) is 2.99. The van der Waals surface area contributed by atoms with Gasteiger partial charge in [0.15, 0.2) is 0 Å². The molecule has 21 heavy (non-hydrogen) atoms. The molecule has 2 heterocycles. The van der Waals surface area contributed by atoms with Gasteiger partial charge in [0.2, 0.25) is 0 Å². The van der Waals surface area contributed by atoms with E-state index in [4.69, 9.17) is 4.74 Å². The lowest BCUT2D eigenvalue weighted by Gasteiger charge is -2.31. The van der Waals surface area contributed by atoms with Crippen LogP contribution in [-0.2, 0) is 17.8 Å². The summed E-state index contributed by atoms with van der Waals surface area (Å²) < 4.78 is 7.66. The van der Waals surface area contributed by atoms with Gasteiger partial charge in [0.25, 0.3) is 0 Å². The molecule has 0 atom stereocenters. The second-order valence-electron chi connectivity index (χ2n) is 6.87. The van der Waals surface area contributed by atoms with Crippen molar-refractivity contribution < 1.29 is 9.53 Å². The average molecular weight is 287 g/mol. The minimum absolute atomic E-state index is 0.299. The summed E-state index contributed by atoms with van der Waals surface area (Å²) in [6.07, 6.45) is 2.13. The number of hydrogen-bond donors (Lipinski definition) is 0. The van der Waals surface area contributed by atoms with Crippen LogP contribution >= 0.6 is 0 Å². The lowest BCUT2D eigenvalue weighted by atomic mass is 10.2. The van der Waals surface area contributed by atoms with E-state index in [0.717, 1.165) is 12.2 Å². The fourth-order valence-electron chi connectivity index (χ4n) is 2.82. The summed E-state index contributed by atoms with van der Waals surface area (Å²) >= 11 is 0. The molecule has 1 aromatic rings. The molecule has 5 nitrogen and oxygen atoms in total. The third-order valence-corrected chi connectivity index (χ3v) is 3.94. The second-order valence-corrected chi connectivity index (χ2v) is 6.87. The fourth-order valence-corrected chi connectivity index (χ4v) is 2.82. The minimum atomic E-state index is -0.492. The zero-order valence-corrected chi connectivity index (χ0v) is 12.8. The van der Waals surface area contributed by atoms with E-state index in [-0.39, 0.29) is 6.09 Å². The quantitative estimate of drug-likeness (QED) is 0.797. The van der Waals surface area contributed by atoms with Gasteiger partial charge >= 0.3 is 6.09 Å². The van der Waals surface area contributed by atoms with E-state index in [0.29, 0.717) is 24.6 Å². The van der Waals surface area contributed by atoms with Crippen molar-refractivity contribution in [3.8, 4) is 6.07 Å². The molecule has 1 amide bonds. The Bertz CT molecular complexity index is 615. The Labute approximate surface area is 125 Å². The molecule has 0 N–H and O–H groups in total. The van der Waals surface area contributed by atoms with Crippen LogP contribution in [-0.4, -0.2) is 27.7 Å². The third-order valence-electron chi connectivity index (χ3n) is 3.94. The van der Waals surface area contributed by atoms with E-state index in [9.17, 15) is 10.1 Å². The summed E-state index contributed by atoms with van der Waals surface area (Å²) in [4.78, 5) is 13.9. The van der Waals surface area contributed by atoms with Crippen molar-refractivity contribution in [1.82, 2.24) is 9.47 Å². The number of hydrogen-bond acceptors (Lipinski definition) is 3. The smallest absolute Gasteiger partial charge is 0.410 e. The maximum atomic E-state index is 12.2. The van der Waals surface area contributed by atoms with Gasteiger partial charge in [-0.2, -0.15) is 5.26 Å². The van der Waals surface area contributed by atoms with E-state index < -0.39 is 5.60 Å². The minimum Gasteiger partial charge on any atom is -0.444 e. The van der Waals surface area contributed by atoms with Crippen LogP contribution in [0.1, 0.15) is 56.5 Å². The number of aromatic nitrogens is 1. The number of ether oxygens (including phenoxy) is 1. The van der Waals surface area contributed by atoms with Crippen LogP contribution in [0.2, 0.25) is 0 Å². The lowest BCUT2D eigenvalue weighted by molar-refractivity contribution is 0.0198. The normalized spacial score (nSPS) is 18.1. The third kappa shape index (κ3) is 2.76. The first kappa shape index (κ1) is 14.0. The first-order chi connectivity index (χ1) is 9.89. The summed E-state index contributed by atoms with van der Waals surface area (Å²) in [5.41, 5.74) is 2.43. The zero-order valence-electron chi connectivity index (χ0n) is 12.8. The van der Waals surface area contributed by atoms with Crippen LogP contribution in [0.25, 0.3) is 0 Å². The maximum absolute atomic E-state index is 12.2. The van der Waals surface area contributed by atoms with E-state index in [1.54, 1.807) is 4.90 Å². The number of rotatable bonds is 1. The van der Waals surface area contributed by atoms with Gasteiger partial charge in [0.05, 0.1) is 17.8 Å². The number of nitrogens with zero attached hydrogens (tertiary/aromatic N) is 3. The molecule has 1 aromatic heterocycles. The predicted molar refractivity (Wildman–Crippen MR) is 77.8 cm³/mol. The fraction of sp³-hybridized carbons (Fsp3) is 0.625. The Kier molecular flexibility index (Phi) is 3.20. The van der Waals surface area contributed by atoms with Gasteiger partial charge < -0.3 is 14.2 Å². The molecule has 1 saturated carbocycles. The Morgan fingerprint density at radius 3 is 2.67 bits per heavy atom. The first-order valence-corrected chi connectivity index (χ1v) is 7.49. The molecule has 112 valence electrons. The maximum Gasteiger partial charge on any atom is 0.410 e. The number of fused-ring (bicyclic) bond motifs is 1. The van der Waals surface area contributed by atoms with Gasteiger partial charge in [-0.25, -0.2) is 4.79 Å². The van der Waals surface area contributed by atoms with Crippen molar-refractivity contribution in [2.75, 3.05) is 6.54 Å². The molecule has 5 heteroatoms. The standard InChI is InChI=1S/C16H21N3O2/c1-16(2,3)21-15(20)18-6-7-19-13(11-4-5-11)8-12(9-17)14(19)10-18/h8,11H,4-7,10H2,1-3H3. The number of nitriles is 1. The van der Waals surface area contributed by atoms with Crippen LogP contribution in [0, 0.1) is 11.3 Å². The summed E-state index contributed by atoms with van der Waals surface area (Å²) in [6.45, 7) is 7.45. The number of carbonyl (C=O) groups is 1. The Morgan fingerprint density at radius 2 is 2.10 bits per heavy atom. The topological polar surface area (TPSA) is 58.3 Å². The molecule has 0 unspecified atom stereocenters. The summed E-state index contributed by atoms with van der Waals surface area (Å²) in [7, 11) is 0. The van der Waals surface area contributed by atoms with Crippen molar-refractivity contribution >= 4 is 6.09 Å². The summed E-state index contributed by atoms with van der Waals surface area (Å²) in [5.74, 6) is 0.610. The Hall–Kier alpha value is -1.96. The molecular formula is C16H21N3O2. The molecule has 0 saturated heterocycles. The molecule has 3 rings (SSSR count). The monoisotopic (exact) mass is 287 g/mol. The summed E-state index contributed by atoms with van der Waals surface area (Å²) in [6, 6.07) is 4.27. The molecule has 0 bridgehead atoms. The van der Waals surface area contributed by atoms with Crippen LogP contribution in [0.15, 0.2) is 6.07 Å².